The Morgan fingerprint density at radius 1 is 1.12 bits per heavy atom. The van der Waals surface area contributed by atoms with E-state index in [4.69, 9.17) is 25.8 Å². The first-order chi connectivity index (χ1) is 16.1. The van der Waals surface area contributed by atoms with E-state index in [1.807, 2.05) is 18.2 Å². The number of rotatable bonds is 3. The molecular formula is C25H29ClN2O5. The summed E-state index contributed by atoms with van der Waals surface area (Å²) >= 11 is 6.12. The van der Waals surface area contributed by atoms with Crippen molar-refractivity contribution in [3.8, 4) is 11.5 Å². The maximum absolute atomic E-state index is 13.2. The summed E-state index contributed by atoms with van der Waals surface area (Å²) in [5.74, 6) is 0.920. The van der Waals surface area contributed by atoms with E-state index in [-0.39, 0.29) is 25.0 Å². The molecule has 2 aromatic rings. The second-order valence-electron chi connectivity index (χ2n) is 8.30. The molecule has 1 spiro atoms. The van der Waals surface area contributed by atoms with Crippen molar-refractivity contribution in [2.75, 3.05) is 39.5 Å². The van der Waals surface area contributed by atoms with Gasteiger partial charge >= 0.3 is 0 Å². The van der Waals surface area contributed by atoms with Crippen LogP contribution in [0.2, 0.25) is 5.02 Å². The second-order valence-corrected chi connectivity index (χ2v) is 8.70. The molecule has 0 bridgehead atoms. The molecule has 8 heteroatoms. The second kappa shape index (κ2) is 10.9. The molecule has 2 amide bonds. The van der Waals surface area contributed by atoms with E-state index in [0.29, 0.717) is 43.5 Å². The van der Waals surface area contributed by atoms with Gasteiger partial charge in [-0.25, -0.2) is 0 Å². The van der Waals surface area contributed by atoms with Crippen molar-refractivity contribution in [1.82, 2.24) is 10.2 Å². The molecule has 0 aliphatic carbocycles. The Balaban J connectivity index is 1.41. The fourth-order valence-electron chi connectivity index (χ4n) is 4.26. The van der Waals surface area contributed by atoms with Crippen LogP contribution >= 0.6 is 11.6 Å². The number of halogens is 1. The predicted octanol–water partition coefficient (Wildman–Crippen LogP) is 3.24. The lowest BCUT2D eigenvalue weighted by molar-refractivity contribution is -0.168. The normalized spacial score (nSPS) is 21.7. The Labute approximate surface area is 198 Å². The van der Waals surface area contributed by atoms with Gasteiger partial charge in [0.25, 0.3) is 11.8 Å². The van der Waals surface area contributed by atoms with Crippen LogP contribution in [0.25, 0.3) is 0 Å². The van der Waals surface area contributed by atoms with E-state index in [0.717, 1.165) is 30.6 Å². The van der Waals surface area contributed by atoms with Gasteiger partial charge in [0.1, 0.15) is 18.1 Å². The summed E-state index contributed by atoms with van der Waals surface area (Å²) in [6.45, 7) is 1.49. The Kier molecular flexibility index (Phi) is 7.73. The highest BCUT2D eigenvalue weighted by molar-refractivity contribution is 6.32. The van der Waals surface area contributed by atoms with Crippen molar-refractivity contribution in [2.45, 2.75) is 31.3 Å². The number of benzene rings is 2. The molecule has 1 unspecified atom stereocenters. The molecule has 0 saturated carbocycles. The number of amides is 2. The van der Waals surface area contributed by atoms with Crippen molar-refractivity contribution in [2.24, 2.45) is 0 Å². The van der Waals surface area contributed by atoms with Gasteiger partial charge in [0.05, 0.1) is 24.7 Å². The third kappa shape index (κ3) is 5.78. The van der Waals surface area contributed by atoms with Gasteiger partial charge in [0.2, 0.25) is 0 Å². The highest BCUT2D eigenvalue weighted by Gasteiger charge is 2.44. The van der Waals surface area contributed by atoms with E-state index in [1.54, 1.807) is 29.2 Å². The van der Waals surface area contributed by atoms with Crippen molar-refractivity contribution < 1.29 is 23.8 Å². The smallest absolute Gasteiger partial charge is 0.260 e. The maximum Gasteiger partial charge on any atom is 0.260 e. The van der Waals surface area contributed by atoms with Crippen molar-refractivity contribution in [3.63, 3.8) is 0 Å². The molecular weight excluding hydrogens is 444 g/mol. The Morgan fingerprint density at radius 3 is 2.82 bits per heavy atom. The number of carbonyl (C=O) groups is 2. The van der Waals surface area contributed by atoms with Crippen LogP contribution < -0.4 is 14.8 Å². The van der Waals surface area contributed by atoms with E-state index in [1.165, 1.54) is 0 Å². The Morgan fingerprint density at radius 2 is 1.94 bits per heavy atom. The molecule has 2 aliphatic heterocycles. The fourth-order valence-corrected chi connectivity index (χ4v) is 4.45. The van der Waals surface area contributed by atoms with Crippen LogP contribution in [-0.4, -0.2) is 61.8 Å². The first kappa shape index (κ1) is 23.4. The third-order valence-electron chi connectivity index (χ3n) is 6.03. The van der Waals surface area contributed by atoms with E-state index in [2.05, 4.69) is 11.4 Å². The van der Waals surface area contributed by atoms with E-state index >= 15 is 0 Å². The Hall–Kier alpha value is -2.77. The summed E-state index contributed by atoms with van der Waals surface area (Å²) in [5, 5.41) is 3.39. The molecule has 1 saturated heterocycles. The molecule has 176 valence electrons. The molecule has 1 atom stereocenters. The van der Waals surface area contributed by atoms with Crippen LogP contribution in [0.4, 0.5) is 0 Å². The predicted molar refractivity (Wildman–Crippen MR) is 125 cm³/mol. The van der Waals surface area contributed by atoms with Gasteiger partial charge in [-0.3, -0.25) is 9.59 Å². The number of nitrogens with one attached hydrogen (secondary N) is 1. The molecule has 0 radical (unpaired) electrons. The van der Waals surface area contributed by atoms with Crippen LogP contribution in [0.1, 0.15) is 24.8 Å². The highest BCUT2D eigenvalue weighted by Crippen LogP contribution is 2.28. The number of nitrogens with zero attached hydrogens (tertiary/aromatic N) is 1. The zero-order valence-electron chi connectivity index (χ0n) is 18.6. The van der Waals surface area contributed by atoms with Gasteiger partial charge in [0, 0.05) is 6.54 Å². The number of hydrogen-bond acceptors (Lipinski definition) is 5. The lowest BCUT2D eigenvalue weighted by atomic mass is 9.91. The number of fused-ring (bicyclic) bond motifs is 1. The summed E-state index contributed by atoms with van der Waals surface area (Å²) in [5.41, 5.74) is 0.0911. The molecule has 33 heavy (non-hydrogen) atoms. The fraction of sp³-hybridized carbons (Fsp3) is 0.440. The number of para-hydroxylation sites is 2. The molecule has 1 N–H and O–H groups in total. The lowest BCUT2D eigenvalue weighted by Crippen LogP contribution is -2.61. The summed E-state index contributed by atoms with van der Waals surface area (Å²) in [6, 6.07) is 15.0. The van der Waals surface area contributed by atoms with Crippen LogP contribution in [0.5, 0.6) is 11.5 Å². The topological polar surface area (TPSA) is 77.1 Å². The molecule has 2 aromatic carbocycles. The van der Waals surface area contributed by atoms with Gasteiger partial charge in [-0.05, 0) is 49.4 Å². The quantitative estimate of drug-likeness (QED) is 0.742. The number of ether oxygens (including phenoxy) is 3. The Bertz CT molecular complexity index is 985. The summed E-state index contributed by atoms with van der Waals surface area (Å²) in [4.78, 5) is 27.7. The monoisotopic (exact) mass is 472 g/mol. The third-order valence-corrected chi connectivity index (χ3v) is 6.35. The molecule has 0 aromatic heterocycles. The number of carbonyl (C=O) groups excluding carboxylic acids is 2. The molecule has 1 fully saturated rings. The standard InChI is InChI=1S/C25H29ClN2O5/c26-20-9-2-4-11-22(20)32-17-23(29)28-14-16-33-25(18-28)12-6-5-8-19-7-1-3-10-21(19)31-15-13-27-24(25)30/h1-4,7,9-11H,5-6,8,12-18H2,(H,27,30). The zero-order chi connectivity index (χ0) is 23.1. The van der Waals surface area contributed by atoms with Crippen LogP contribution in [0.15, 0.2) is 48.5 Å². The SMILES string of the molecule is O=C(COc1ccccc1Cl)N1CCOC2(CCCCc3ccccc3OCCNC2=O)C1. The van der Waals surface area contributed by atoms with Crippen molar-refractivity contribution >= 4 is 23.4 Å². The average molecular weight is 473 g/mol. The van der Waals surface area contributed by atoms with Gasteiger partial charge < -0.3 is 24.4 Å². The van der Waals surface area contributed by atoms with E-state index < -0.39 is 5.60 Å². The molecule has 2 heterocycles. The van der Waals surface area contributed by atoms with Gasteiger partial charge in [-0.15, -0.1) is 0 Å². The van der Waals surface area contributed by atoms with Crippen LogP contribution in [-0.2, 0) is 20.7 Å². The molecule has 7 nitrogen and oxygen atoms in total. The van der Waals surface area contributed by atoms with Crippen LogP contribution in [0, 0.1) is 0 Å². The van der Waals surface area contributed by atoms with Gasteiger partial charge in [0.15, 0.2) is 12.2 Å². The van der Waals surface area contributed by atoms with Gasteiger partial charge in [-0.2, -0.15) is 0 Å². The largest absolute Gasteiger partial charge is 0.491 e. The van der Waals surface area contributed by atoms with Crippen molar-refractivity contribution in [3.05, 3.63) is 59.1 Å². The zero-order valence-corrected chi connectivity index (χ0v) is 19.3. The lowest BCUT2D eigenvalue weighted by Gasteiger charge is -2.41. The maximum atomic E-state index is 13.2. The van der Waals surface area contributed by atoms with Gasteiger partial charge in [-0.1, -0.05) is 41.9 Å². The molecule has 4 rings (SSSR count). The first-order valence-corrected chi connectivity index (χ1v) is 11.7. The summed E-state index contributed by atoms with van der Waals surface area (Å²) in [7, 11) is 0. The number of morpholine rings is 1. The first-order valence-electron chi connectivity index (χ1n) is 11.4. The highest BCUT2D eigenvalue weighted by atomic mass is 35.5. The average Bonchev–Trinajstić information content (AvgIpc) is 2.84. The number of aryl methyl sites for hydroxylation is 1. The molecule has 2 aliphatic rings. The summed E-state index contributed by atoms with van der Waals surface area (Å²) in [6.07, 6.45) is 3.08. The van der Waals surface area contributed by atoms with Crippen molar-refractivity contribution in [1.29, 1.82) is 0 Å². The minimum absolute atomic E-state index is 0.147. The minimum Gasteiger partial charge on any atom is -0.491 e. The van der Waals surface area contributed by atoms with Crippen LogP contribution in [0.3, 0.4) is 0 Å². The van der Waals surface area contributed by atoms with E-state index in [9.17, 15) is 9.59 Å². The number of hydrogen-bond donors (Lipinski definition) is 1. The minimum atomic E-state index is -1.07. The summed E-state index contributed by atoms with van der Waals surface area (Å²) < 4.78 is 17.5.